The van der Waals surface area contributed by atoms with E-state index in [-0.39, 0.29) is 132 Å². The van der Waals surface area contributed by atoms with Gasteiger partial charge in [-0.15, -0.1) is 0 Å². The zero-order valence-electron chi connectivity index (χ0n) is 67.7. The second kappa shape index (κ2) is 101. The van der Waals surface area contributed by atoms with Gasteiger partial charge in [-0.05, 0) is 69.2 Å². The Kier molecular flexibility index (Phi) is 110. The number of urea groups is 2. The number of carbonyl (C=O) groups excluding carboxylic acids is 18. The average Bonchev–Trinajstić information content (AvgIpc) is 0.785. The van der Waals surface area contributed by atoms with Gasteiger partial charge in [0.05, 0.1) is 65.9 Å². The summed E-state index contributed by atoms with van der Waals surface area (Å²) in [6.07, 6.45) is -7.53. The van der Waals surface area contributed by atoms with Crippen molar-refractivity contribution in [2.75, 3.05) is 160 Å². The van der Waals surface area contributed by atoms with E-state index in [1.54, 1.807) is 69.2 Å². The van der Waals surface area contributed by atoms with Crippen molar-refractivity contribution in [3.63, 3.8) is 0 Å². The number of imide groups is 1. The van der Waals surface area contributed by atoms with Crippen molar-refractivity contribution in [1.82, 2.24) is 71.8 Å². The first kappa shape index (κ1) is 131. The van der Waals surface area contributed by atoms with Crippen LogP contribution in [0.1, 0.15) is 69.2 Å². The highest BCUT2D eigenvalue weighted by Gasteiger charge is 2.31. The minimum Gasteiger partial charge on any atom is -0.450 e. The number of hydrogen-bond donors (Lipinski definition) is 16. The lowest BCUT2D eigenvalue weighted by atomic mass is 10.3. The van der Waals surface area contributed by atoms with E-state index in [1.807, 2.05) is 0 Å². The second-order valence-corrected chi connectivity index (χ2v) is 18.0. The normalized spacial score (nSPS) is 9.62. The standard InChI is InChI=1S/C14H27F2N3O7.C13H25F2N3O7.C13H22N4O7.C12H24N4O6.6CHNO.2CO2/c1-4-23-10-19-11(6-24-8-14(15,16)22-3)7-26-13(21)18-9-17-12(20)25-5-2;1-4-22-9-18-10(25-7-13(14,15)21-3)6-24-12(20)17-8-16-11(19)23-5-2;1-4-22-8-16-11(19)15(7-14-10(18)24-6-3)12(20)17(13(16)21)9-23-5-2;1-4-20-8-14-10(17)16(7-13-12(19)22-6-3)11(18)15-9-21-5-2;8*2-1-3/h11,19H,4-10H2,1-3H3,(H,17,20)(H,18,21);10,18H,4-9H2,1-3H3,(H,16,19)(H,17,20);4-9H2,1-3H3,(H,14,18);4-9H2,1-3H3,(H,13,19)(H,14,17)(H,15,18);6*2H;;. The number of alkyl halides is 4. The van der Waals surface area contributed by atoms with E-state index in [9.17, 15) is 70.3 Å². The van der Waals surface area contributed by atoms with E-state index in [4.69, 9.17) is 128 Å². The molecule has 0 saturated carbocycles. The fourth-order valence-corrected chi connectivity index (χ4v) is 5.58. The van der Waals surface area contributed by atoms with Crippen LogP contribution in [0.25, 0.3) is 0 Å². The molecule has 10 amide bonds. The predicted molar refractivity (Wildman–Crippen MR) is 387 cm³/mol. The van der Waals surface area contributed by atoms with Crippen LogP contribution < -0.4 is 70.2 Å². The quantitative estimate of drug-likeness (QED) is 0.00902. The van der Waals surface area contributed by atoms with E-state index in [0.717, 1.165) is 64.7 Å². The van der Waals surface area contributed by atoms with Crippen LogP contribution in [0.3, 0.4) is 0 Å². The number of ether oxygens (including phenoxy) is 16. The Balaban J connectivity index is -0.000000135. The van der Waals surface area contributed by atoms with Gasteiger partial charge in [-0.3, -0.25) is 10.6 Å². The number of nitrogens with one attached hydrogen (secondary N) is 16. The molecule has 121 heavy (non-hydrogen) atoms. The van der Waals surface area contributed by atoms with Gasteiger partial charge in [0.2, 0.25) is 36.5 Å². The summed E-state index contributed by atoms with van der Waals surface area (Å²) in [6, 6.07) is -2.03. The zero-order chi connectivity index (χ0) is 95.5. The van der Waals surface area contributed by atoms with Gasteiger partial charge >= 0.3 is 90.2 Å². The molecule has 694 valence electrons. The van der Waals surface area contributed by atoms with Gasteiger partial charge in [0.15, 0.2) is 0 Å². The van der Waals surface area contributed by atoms with Crippen LogP contribution in [0.15, 0.2) is 14.4 Å². The SMILES string of the molecule is CCOCNC(=O)N(CNC(=O)OCC)C(=O)NCOCC.CCOCNC(COC(=O)NCNC(=O)OCC)OCC(F)(F)OC.CCOCNC(COCC(F)(F)OC)COC(=O)NCNC(=O)OCC.CCOCn1c(=O)n(CNC(=O)OCC)c(=O)n(COCC)c1=O.N=C=O.N=C=O.N=C=O.N=C=O.N=C=O.N=C=O.O=C=O.O=C=O. The van der Waals surface area contributed by atoms with Crippen molar-refractivity contribution in [2.45, 2.75) is 114 Å². The maximum Gasteiger partial charge on any atom is 0.408 e. The third-order valence-corrected chi connectivity index (χ3v) is 10.3. The summed E-state index contributed by atoms with van der Waals surface area (Å²) in [5.74, 6) is 0. The highest BCUT2D eigenvalue weighted by molar-refractivity contribution is 5.93. The van der Waals surface area contributed by atoms with E-state index in [0.29, 0.717) is 31.0 Å². The molecule has 1 heterocycles. The molecule has 2 unspecified atom stereocenters. The number of methoxy groups -OCH3 is 2. The summed E-state index contributed by atoms with van der Waals surface area (Å²) in [6.45, 7) is 15.4. The van der Waals surface area contributed by atoms with E-state index in [2.05, 4.69) is 81.6 Å². The maximum atomic E-state index is 13.0. The van der Waals surface area contributed by atoms with Crippen LogP contribution in [0, 0.1) is 32.5 Å². The maximum absolute atomic E-state index is 13.0. The first-order chi connectivity index (χ1) is 57.5. The largest absolute Gasteiger partial charge is 0.450 e. The van der Waals surface area contributed by atoms with Gasteiger partial charge < -0.3 is 118 Å². The van der Waals surface area contributed by atoms with Crippen molar-refractivity contribution in [1.29, 1.82) is 32.5 Å². The fraction of sp³-hybridized carbons (Fsp3) is 0.683. The Morgan fingerprint density at radius 3 is 0.992 bits per heavy atom. The lowest BCUT2D eigenvalue weighted by Crippen LogP contribution is -2.56. The van der Waals surface area contributed by atoms with Crippen molar-refractivity contribution in [3.05, 3.63) is 31.5 Å². The van der Waals surface area contributed by atoms with E-state index in [1.165, 1.54) is 0 Å². The van der Waals surface area contributed by atoms with E-state index >= 15 is 0 Å². The number of amides is 10. The van der Waals surface area contributed by atoms with Crippen molar-refractivity contribution in [3.8, 4) is 0 Å². The van der Waals surface area contributed by atoms with E-state index < -0.39 is 110 Å². The lowest BCUT2D eigenvalue weighted by molar-refractivity contribution is -0.260. The summed E-state index contributed by atoms with van der Waals surface area (Å²) >= 11 is 0. The molecule has 0 spiro atoms. The van der Waals surface area contributed by atoms with Crippen LogP contribution in [-0.2, 0) is 144 Å². The minimum absolute atomic E-state index is 0.00904. The average molecular weight is 1770 g/mol. The zero-order valence-corrected chi connectivity index (χ0v) is 67.7. The highest BCUT2D eigenvalue weighted by Crippen LogP contribution is 2.15. The Labute approximate surface area is 685 Å². The number of hydrogen-bond acceptors (Lipinski definition) is 45. The Morgan fingerprint density at radius 1 is 0.372 bits per heavy atom. The Bertz CT molecular complexity index is 3130. The van der Waals surface area contributed by atoms with Crippen LogP contribution in [-0.4, -0.2) is 301 Å². The number of isocyanates is 6. The molecule has 0 aromatic carbocycles. The first-order valence-electron chi connectivity index (χ1n) is 33.5. The molecule has 2 atom stereocenters. The molecule has 0 saturated heterocycles. The number of halogens is 4. The van der Waals surface area contributed by atoms with Crippen molar-refractivity contribution >= 4 is 97.4 Å². The summed E-state index contributed by atoms with van der Waals surface area (Å²) in [5, 5.41) is 56.2. The third kappa shape index (κ3) is 97.5. The minimum atomic E-state index is -3.47. The topological polar surface area (TPSA) is 788 Å². The number of nitrogens with zero attached hydrogens (tertiary/aromatic N) is 4. The molecule has 1 rings (SSSR count). The molecule has 61 heteroatoms. The lowest BCUT2D eigenvalue weighted by Gasteiger charge is -2.22. The molecule has 57 nitrogen and oxygen atoms in total. The molecular formula is C60H104F4N20O37. The molecular weight excluding hydrogens is 1670 g/mol. The van der Waals surface area contributed by atoms with Gasteiger partial charge in [-0.1, -0.05) is 0 Å². The van der Waals surface area contributed by atoms with Crippen LogP contribution in [0.5, 0.6) is 0 Å². The van der Waals surface area contributed by atoms with Gasteiger partial charge in [0, 0.05) is 53.9 Å². The summed E-state index contributed by atoms with van der Waals surface area (Å²) in [7, 11) is 1.71. The highest BCUT2D eigenvalue weighted by atomic mass is 19.3. The fourth-order valence-electron chi connectivity index (χ4n) is 5.58. The predicted octanol–water partition coefficient (Wildman–Crippen LogP) is -1.29. The molecule has 0 aliphatic heterocycles. The third-order valence-electron chi connectivity index (χ3n) is 10.3. The molecule has 0 aliphatic carbocycles. The number of alkyl carbamates (subject to hydrolysis) is 6. The van der Waals surface area contributed by atoms with Crippen molar-refractivity contribution < 1.29 is 180 Å². The number of carbonyl (C=O) groups is 8. The molecule has 16 N–H and O–H groups in total. The monoisotopic (exact) mass is 1770 g/mol. The van der Waals surface area contributed by atoms with Crippen LogP contribution in [0.2, 0.25) is 0 Å². The summed E-state index contributed by atoms with van der Waals surface area (Å²) in [5.41, 5.74) is -2.65. The van der Waals surface area contributed by atoms with Crippen LogP contribution in [0.4, 0.5) is 55.9 Å². The van der Waals surface area contributed by atoms with Gasteiger partial charge in [0.1, 0.15) is 72.9 Å². The molecule has 0 fully saturated rings. The Hall–Kier alpha value is -12.9. The number of rotatable bonds is 45. The molecule has 0 radical (unpaired) electrons. The Morgan fingerprint density at radius 2 is 0.661 bits per heavy atom. The van der Waals surface area contributed by atoms with Crippen LogP contribution >= 0.6 is 0 Å². The van der Waals surface area contributed by atoms with Crippen molar-refractivity contribution in [2.24, 2.45) is 0 Å². The molecule has 1 aromatic heterocycles. The summed E-state index contributed by atoms with van der Waals surface area (Å²) < 4.78 is 130. The molecule has 0 aliphatic rings. The van der Waals surface area contributed by atoms with Gasteiger partial charge in [-0.2, -0.15) is 36.7 Å². The smallest absolute Gasteiger partial charge is 0.408 e. The van der Waals surface area contributed by atoms with Gasteiger partial charge in [-0.25, -0.2) is 133 Å². The summed E-state index contributed by atoms with van der Waals surface area (Å²) in [4.78, 5) is 212. The van der Waals surface area contributed by atoms with Gasteiger partial charge in [0.25, 0.3) is 0 Å². The molecule has 0 bridgehead atoms. The number of aromatic nitrogens is 3. The first-order valence-corrected chi connectivity index (χ1v) is 33.5. The second-order valence-electron chi connectivity index (χ2n) is 18.0. The molecule has 1 aromatic rings.